The van der Waals surface area contributed by atoms with Crippen LogP contribution in [0.25, 0.3) is 0 Å². The Morgan fingerprint density at radius 2 is 1.68 bits per heavy atom. The van der Waals surface area contributed by atoms with Gasteiger partial charge in [0.15, 0.2) is 0 Å². The zero-order valence-electron chi connectivity index (χ0n) is 20.0. The molecule has 34 heavy (non-hydrogen) atoms. The highest BCUT2D eigenvalue weighted by Crippen LogP contribution is 2.60. The summed E-state index contributed by atoms with van der Waals surface area (Å²) in [6, 6.07) is -2.23. The molecule has 4 aliphatic carbocycles. The smallest absolute Gasteiger partial charge is 0.217 e. The average Bonchev–Trinajstić information content (AvgIpc) is 3.21. The van der Waals surface area contributed by atoms with Crippen LogP contribution in [0.5, 0.6) is 0 Å². The lowest BCUT2D eigenvalue weighted by molar-refractivity contribution is -0.144. The highest BCUT2D eigenvalue weighted by atomic mass is 16.3. The Labute approximate surface area is 200 Å². The molecule has 5 aliphatic rings. The number of rotatable bonds is 8. The molecule has 1 aromatic heterocycles. The van der Waals surface area contributed by atoms with Crippen LogP contribution in [0.3, 0.4) is 0 Å². The summed E-state index contributed by atoms with van der Waals surface area (Å²) in [6.07, 6.45) is 8.15. The fourth-order valence-electron chi connectivity index (χ4n) is 8.10. The number of carbonyl (C=O) groups is 1. The van der Waals surface area contributed by atoms with E-state index < -0.39 is 30.3 Å². The van der Waals surface area contributed by atoms with E-state index in [9.17, 15) is 25.2 Å². The van der Waals surface area contributed by atoms with E-state index in [-0.39, 0.29) is 19.1 Å². The number of hydrogen-bond acceptors (Lipinski definition) is 8. The largest absolute Gasteiger partial charge is 0.395 e. The second-order valence-corrected chi connectivity index (χ2v) is 11.5. The molecule has 10 nitrogen and oxygen atoms in total. The van der Waals surface area contributed by atoms with Gasteiger partial charge in [-0.05, 0) is 61.7 Å². The molecule has 0 radical (unpaired) electrons. The normalized spacial score (nSPS) is 41.7. The number of hydrogen-bond donors (Lipinski definition) is 5. The Morgan fingerprint density at radius 3 is 2.24 bits per heavy atom. The van der Waals surface area contributed by atoms with Crippen molar-refractivity contribution in [1.29, 1.82) is 0 Å². The summed E-state index contributed by atoms with van der Waals surface area (Å²) in [5, 5.41) is 52.5. The molecule has 5 fully saturated rings. The molecule has 5 N–H and O–H groups in total. The first-order valence-electron chi connectivity index (χ1n) is 12.8. The van der Waals surface area contributed by atoms with Gasteiger partial charge in [-0.2, -0.15) is 0 Å². The Kier molecular flexibility index (Phi) is 6.71. The van der Waals surface area contributed by atoms with Crippen LogP contribution in [-0.2, 0) is 17.8 Å². The van der Waals surface area contributed by atoms with Crippen molar-refractivity contribution in [3.63, 3.8) is 0 Å². The first-order valence-corrected chi connectivity index (χ1v) is 12.8. The fraction of sp³-hybridized carbons (Fsp3) is 0.875. The first-order chi connectivity index (χ1) is 16.3. The zero-order valence-corrected chi connectivity index (χ0v) is 20.0. The van der Waals surface area contributed by atoms with Gasteiger partial charge in [-0.3, -0.25) is 14.4 Å². The van der Waals surface area contributed by atoms with Gasteiger partial charge in [0.05, 0.1) is 43.1 Å². The van der Waals surface area contributed by atoms with Gasteiger partial charge in [-0.15, -0.1) is 5.10 Å². The third-order valence-electron chi connectivity index (χ3n) is 9.00. The zero-order chi connectivity index (χ0) is 24.0. The molecular weight excluding hydrogens is 438 g/mol. The monoisotopic (exact) mass is 477 g/mol. The van der Waals surface area contributed by atoms with Crippen LogP contribution in [0.15, 0.2) is 6.20 Å². The summed E-state index contributed by atoms with van der Waals surface area (Å²) in [4.78, 5) is 13.4. The molecule has 5 atom stereocenters. The second kappa shape index (κ2) is 9.46. The lowest BCUT2D eigenvalue weighted by atomic mass is 9.49. The molecular formula is C24H39N5O5. The summed E-state index contributed by atoms with van der Waals surface area (Å²) >= 11 is 0. The van der Waals surface area contributed by atoms with Crippen LogP contribution in [0.1, 0.15) is 51.1 Å². The van der Waals surface area contributed by atoms with Crippen molar-refractivity contribution in [3.8, 4) is 0 Å². The molecule has 4 saturated carbocycles. The van der Waals surface area contributed by atoms with E-state index in [1.807, 2.05) is 10.9 Å². The Bertz CT molecular complexity index is 842. The summed E-state index contributed by atoms with van der Waals surface area (Å²) in [5.41, 5.74) is 1.18. The van der Waals surface area contributed by atoms with Gasteiger partial charge in [0.1, 0.15) is 6.10 Å². The minimum Gasteiger partial charge on any atom is -0.395 e. The highest BCUT2D eigenvalue weighted by molar-refractivity contribution is 5.73. The van der Waals surface area contributed by atoms with Gasteiger partial charge in [0.25, 0.3) is 0 Å². The van der Waals surface area contributed by atoms with E-state index in [0.29, 0.717) is 18.4 Å². The molecule has 0 unspecified atom stereocenters. The van der Waals surface area contributed by atoms with Crippen molar-refractivity contribution >= 4 is 5.91 Å². The van der Waals surface area contributed by atoms with Gasteiger partial charge in [0, 0.05) is 32.6 Å². The van der Waals surface area contributed by atoms with Crippen LogP contribution in [0.2, 0.25) is 0 Å². The number of aliphatic hydroxyl groups is 4. The topological polar surface area (TPSA) is 144 Å². The van der Waals surface area contributed by atoms with Crippen molar-refractivity contribution in [2.24, 2.45) is 23.2 Å². The average molecular weight is 478 g/mol. The third kappa shape index (κ3) is 4.51. The number of piperidine rings is 1. The van der Waals surface area contributed by atoms with Gasteiger partial charge in [-0.1, -0.05) is 5.21 Å². The number of amides is 1. The SMILES string of the molecule is CC(=O)N[C@@H]1[C@@H](O)[C@H](O)[C@@H](CO)N(CCc2cn(CC34CC5C[C@H](C3)C[C@H](C5)C4)nn2)[C@H]1CO. The van der Waals surface area contributed by atoms with E-state index in [4.69, 9.17) is 0 Å². The second-order valence-electron chi connectivity index (χ2n) is 11.5. The Hall–Kier alpha value is -1.59. The van der Waals surface area contributed by atoms with Crippen molar-refractivity contribution in [1.82, 2.24) is 25.2 Å². The van der Waals surface area contributed by atoms with Gasteiger partial charge < -0.3 is 25.7 Å². The van der Waals surface area contributed by atoms with Crippen LogP contribution in [-0.4, -0.2) is 96.3 Å². The number of aromatic nitrogens is 3. The number of carbonyl (C=O) groups excluding carboxylic acids is 1. The molecule has 1 amide bonds. The van der Waals surface area contributed by atoms with Gasteiger partial charge >= 0.3 is 0 Å². The van der Waals surface area contributed by atoms with Gasteiger partial charge in [-0.25, -0.2) is 0 Å². The summed E-state index contributed by atoms with van der Waals surface area (Å²) in [6.45, 7) is 1.94. The minimum absolute atomic E-state index is 0.329. The molecule has 6 rings (SSSR count). The van der Waals surface area contributed by atoms with Crippen LogP contribution < -0.4 is 5.32 Å². The molecule has 2 heterocycles. The minimum atomic E-state index is -1.28. The van der Waals surface area contributed by atoms with E-state index in [0.717, 1.165) is 30.0 Å². The van der Waals surface area contributed by atoms with Crippen molar-refractivity contribution in [2.45, 2.75) is 88.7 Å². The quantitative estimate of drug-likeness (QED) is 0.331. The van der Waals surface area contributed by atoms with Gasteiger partial charge in [0.2, 0.25) is 5.91 Å². The Balaban J connectivity index is 1.25. The lowest BCUT2D eigenvalue weighted by Crippen LogP contribution is -2.72. The molecule has 1 aliphatic heterocycles. The summed E-state index contributed by atoms with van der Waals surface area (Å²) in [5.74, 6) is 2.30. The maximum absolute atomic E-state index is 11.7. The predicted molar refractivity (Wildman–Crippen MR) is 122 cm³/mol. The van der Waals surface area contributed by atoms with E-state index in [1.54, 1.807) is 4.90 Å². The summed E-state index contributed by atoms with van der Waals surface area (Å²) in [7, 11) is 0. The Morgan fingerprint density at radius 1 is 1.06 bits per heavy atom. The molecule has 0 spiro atoms. The molecule has 4 bridgehead atoms. The third-order valence-corrected chi connectivity index (χ3v) is 9.00. The summed E-state index contributed by atoms with van der Waals surface area (Å²) < 4.78 is 1.99. The van der Waals surface area contributed by atoms with Crippen LogP contribution in [0.4, 0.5) is 0 Å². The maximum Gasteiger partial charge on any atom is 0.217 e. The molecule has 10 heteroatoms. The standard InChI is InChI=1S/C24H39N5O5/c1-14(32)25-21-19(11-30)29(20(12-31)22(33)23(21)34)3-2-18-10-28(27-26-18)13-24-7-15-4-16(8-24)6-17(5-15)9-24/h10,15-17,19-23,30-31,33-34H,2-9,11-13H2,1H3,(H,25,32)/t15-,16-,17?,19+,20-,21+,22-,23-,24?/m1/s1. The molecule has 190 valence electrons. The van der Waals surface area contributed by atoms with E-state index in [1.165, 1.54) is 45.4 Å². The fourth-order valence-corrected chi connectivity index (χ4v) is 8.10. The van der Waals surface area contributed by atoms with Crippen LogP contribution in [0, 0.1) is 23.2 Å². The van der Waals surface area contributed by atoms with Crippen molar-refractivity contribution in [3.05, 3.63) is 11.9 Å². The lowest BCUT2D eigenvalue weighted by Gasteiger charge is -2.56. The van der Waals surface area contributed by atoms with Crippen molar-refractivity contribution < 1.29 is 25.2 Å². The molecule has 1 aromatic rings. The van der Waals surface area contributed by atoms with Crippen molar-refractivity contribution in [2.75, 3.05) is 19.8 Å². The number of aliphatic hydroxyl groups excluding tert-OH is 4. The highest BCUT2D eigenvalue weighted by Gasteiger charge is 2.51. The first kappa shape index (κ1) is 24.1. The number of nitrogens with one attached hydrogen (secondary N) is 1. The predicted octanol–water partition coefficient (Wildman–Crippen LogP) is -0.699. The van der Waals surface area contributed by atoms with E-state index in [2.05, 4.69) is 15.6 Å². The maximum atomic E-state index is 11.7. The van der Waals surface area contributed by atoms with E-state index >= 15 is 0 Å². The molecule has 1 saturated heterocycles. The van der Waals surface area contributed by atoms with Crippen LogP contribution >= 0.6 is 0 Å². The number of likely N-dealkylation sites (tertiary alicyclic amines) is 1. The number of nitrogens with zero attached hydrogens (tertiary/aromatic N) is 4. The molecule has 0 aromatic carbocycles.